The van der Waals surface area contributed by atoms with Gasteiger partial charge in [0.1, 0.15) is 5.75 Å². The molecule has 0 spiro atoms. The molecule has 8 nitrogen and oxygen atoms in total. The van der Waals surface area contributed by atoms with E-state index in [2.05, 4.69) is 29.4 Å². The zero-order chi connectivity index (χ0) is 23.1. The summed E-state index contributed by atoms with van der Waals surface area (Å²) in [4.78, 5) is 29.8. The molecule has 0 saturated heterocycles. The summed E-state index contributed by atoms with van der Waals surface area (Å²) in [6, 6.07) is 12.9. The second-order valence-electron chi connectivity index (χ2n) is 7.78. The van der Waals surface area contributed by atoms with Crippen LogP contribution in [0.25, 0.3) is 0 Å². The Balaban J connectivity index is 1.93. The van der Waals surface area contributed by atoms with Gasteiger partial charge in [-0.15, -0.1) is 0 Å². The van der Waals surface area contributed by atoms with Crippen molar-refractivity contribution in [2.24, 2.45) is 0 Å². The summed E-state index contributed by atoms with van der Waals surface area (Å²) in [5.74, 6) is -0.151. The molecule has 1 heterocycles. The number of methoxy groups -OCH3 is 1. The van der Waals surface area contributed by atoms with Gasteiger partial charge in [0, 0.05) is 24.7 Å². The number of para-hydroxylation sites is 1. The number of benzene rings is 2. The second kappa shape index (κ2) is 10.5. The van der Waals surface area contributed by atoms with Gasteiger partial charge in [0.25, 0.3) is 11.6 Å². The highest BCUT2D eigenvalue weighted by Gasteiger charge is 2.51. The molecule has 0 radical (unpaired) electrons. The summed E-state index contributed by atoms with van der Waals surface area (Å²) < 4.78 is 5.27. The average Bonchev–Trinajstić information content (AvgIpc) is 2.79. The van der Waals surface area contributed by atoms with Crippen molar-refractivity contribution in [1.82, 2.24) is 10.2 Å². The van der Waals surface area contributed by atoms with Crippen LogP contribution in [0, 0.1) is 0 Å². The number of fused-ring (bicyclic) bond motifs is 1. The maximum Gasteiger partial charge on any atom is 0.329 e. The van der Waals surface area contributed by atoms with Gasteiger partial charge in [-0.05, 0) is 44.1 Å². The van der Waals surface area contributed by atoms with E-state index < -0.39 is 17.7 Å². The van der Waals surface area contributed by atoms with Crippen LogP contribution in [0.2, 0.25) is 0 Å². The van der Waals surface area contributed by atoms with E-state index in [1.54, 1.807) is 48.5 Å². The van der Waals surface area contributed by atoms with Crippen LogP contribution in [0.5, 0.6) is 5.75 Å². The molecule has 172 valence electrons. The number of carbonyl (C=O) groups excluding carboxylic acids is 2. The average molecular weight is 441 g/mol. The molecule has 0 saturated carbocycles. The van der Waals surface area contributed by atoms with E-state index in [4.69, 9.17) is 4.74 Å². The molecule has 0 aliphatic carbocycles. The highest BCUT2D eigenvalue weighted by Crippen LogP contribution is 2.40. The Kier molecular flexibility index (Phi) is 7.71. The molecule has 0 unspecified atom stereocenters. The Morgan fingerprint density at radius 1 is 1.12 bits per heavy atom. The second-order valence-corrected chi connectivity index (χ2v) is 7.78. The fourth-order valence-electron chi connectivity index (χ4n) is 4.03. The SMILES string of the molecule is CCCN(CCC)CCNC(=O)[C@]1(O)c2ccccc2NC(=O)N1c1cccc(OC)c1. The smallest absolute Gasteiger partial charge is 0.329 e. The fraction of sp³-hybridized carbons (Fsp3) is 0.417. The van der Waals surface area contributed by atoms with Gasteiger partial charge in [-0.3, -0.25) is 9.69 Å². The van der Waals surface area contributed by atoms with E-state index in [-0.39, 0.29) is 0 Å². The van der Waals surface area contributed by atoms with Gasteiger partial charge in [-0.1, -0.05) is 38.1 Å². The number of urea groups is 1. The van der Waals surface area contributed by atoms with Crippen molar-refractivity contribution < 1.29 is 19.4 Å². The van der Waals surface area contributed by atoms with Crippen LogP contribution in [0.4, 0.5) is 16.2 Å². The van der Waals surface area contributed by atoms with Crippen molar-refractivity contribution in [3.63, 3.8) is 0 Å². The van der Waals surface area contributed by atoms with Crippen LogP contribution in [0.3, 0.4) is 0 Å². The lowest BCUT2D eigenvalue weighted by atomic mass is 9.94. The number of ether oxygens (including phenoxy) is 1. The summed E-state index contributed by atoms with van der Waals surface area (Å²) >= 11 is 0. The van der Waals surface area contributed by atoms with E-state index in [1.165, 1.54) is 7.11 Å². The third-order valence-electron chi connectivity index (χ3n) is 5.49. The third-order valence-corrected chi connectivity index (χ3v) is 5.49. The third kappa shape index (κ3) is 4.71. The van der Waals surface area contributed by atoms with Crippen molar-refractivity contribution in [1.29, 1.82) is 0 Å². The summed E-state index contributed by atoms with van der Waals surface area (Å²) in [5, 5.41) is 17.4. The molecule has 2 aromatic carbocycles. The van der Waals surface area contributed by atoms with Crippen LogP contribution in [-0.2, 0) is 10.5 Å². The van der Waals surface area contributed by atoms with Gasteiger partial charge in [0.05, 0.1) is 18.5 Å². The first-order valence-electron chi connectivity index (χ1n) is 11.0. The number of rotatable bonds is 10. The fourth-order valence-corrected chi connectivity index (χ4v) is 4.03. The van der Waals surface area contributed by atoms with E-state index in [1.807, 2.05) is 0 Å². The molecule has 0 fully saturated rings. The maximum absolute atomic E-state index is 13.4. The molecular weight excluding hydrogens is 408 g/mol. The predicted octanol–water partition coefficient (Wildman–Crippen LogP) is 3.13. The van der Waals surface area contributed by atoms with Crippen molar-refractivity contribution in [3.8, 4) is 5.75 Å². The Morgan fingerprint density at radius 3 is 2.53 bits per heavy atom. The monoisotopic (exact) mass is 440 g/mol. The standard InChI is InChI=1S/C24H32N4O4/c1-4-14-27(15-5-2)16-13-25-22(29)24(31)20-11-6-7-12-21(20)26-23(30)28(24)18-9-8-10-19(17-18)32-3/h6-12,17,31H,4-5,13-16H2,1-3H3,(H,25,29)(H,26,30)/t24-/m1/s1. The molecule has 0 bridgehead atoms. The van der Waals surface area contributed by atoms with Gasteiger partial charge in [-0.25, -0.2) is 4.79 Å². The molecule has 1 aliphatic rings. The predicted molar refractivity (Wildman–Crippen MR) is 125 cm³/mol. The van der Waals surface area contributed by atoms with E-state index in [0.717, 1.165) is 30.8 Å². The lowest BCUT2D eigenvalue weighted by Gasteiger charge is -2.42. The lowest BCUT2D eigenvalue weighted by molar-refractivity contribution is -0.140. The number of amides is 3. The highest BCUT2D eigenvalue weighted by molar-refractivity contribution is 6.11. The van der Waals surface area contributed by atoms with Crippen LogP contribution < -0.4 is 20.3 Å². The Labute approximate surface area is 189 Å². The molecule has 1 aliphatic heterocycles. The number of hydrogen-bond acceptors (Lipinski definition) is 5. The molecule has 3 rings (SSSR count). The van der Waals surface area contributed by atoms with Crippen LogP contribution in [0.1, 0.15) is 32.3 Å². The molecule has 1 atom stereocenters. The maximum atomic E-state index is 13.4. The summed E-state index contributed by atoms with van der Waals surface area (Å²) in [5.41, 5.74) is -1.18. The summed E-state index contributed by atoms with van der Waals surface area (Å²) in [6.07, 6.45) is 2.05. The molecular formula is C24H32N4O4. The molecule has 8 heteroatoms. The minimum Gasteiger partial charge on any atom is -0.497 e. The number of aliphatic hydroxyl groups is 1. The molecule has 3 amide bonds. The molecule has 2 aromatic rings. The molecule has 32 heavy (non-hydrogen) atoms. The number of nitrogens with one attached hydrogen (secondary N) is 2. The number of hydrogen-bond donors (Lipinski definition) is 3. The minimum absolute atomic E-state index is 0.305. The first kappa shape index (κ1) is 23.6. The summed E-state index contributed by atoms with van der Waals surface area (Å²) in [7, 11) is 1.52. The molecule has 3 N–H and O–H groups in total. The quantitative estimate of drug-likeness (QED) is 0.528. The largest absolute Gasteiger partial charge is 0.497 e. The lowest BCUT2D eigenvalue weighted by Crippen LogP contribution is -2.63. The van der Waals surface area contributed by atoms with E-state index in [0.29, 0.717) is 35.8 Å². The number of nitrogens with zero attached hydrogens (tertiary/aromatic N) is 2. The Hall–Kier alpha value is -3.10. The first-order chi connectivity index (χ1) is 15.4. The van der Waals surface area contributed by atoms with E-state index in [9.17, 15) is 14.7 Å². The Morgan fingerprint density at radius 2 is 1.84 bits per heavy atom. The van der Waals surface area contributed by atoms with Gasteiger partial charge in [0.2, 0.25) is 0 Å². The summed E-state index contributed by atoms with van der Waals surface area (Å²) in [6.45, 7) is 7.14. The number of carbonyl (C=O) groups is 2. The van der Waals surface area contributed by atoms with Crippen LogP contribution >= 0.6 is 0 Å². The zero-order valence-electron chi connectivity index (χ0n) is 18.9. The van der Waals surface area contributed by atoms with Crippen molar-refractivity contribution >= 4 is 23.3 Å². The van der Waals surface area contributed by atoms with Gasteiger partial charge in [0.15, 0.2) is 0 Å². The highest BCUT2D eigenvalue weighted by atomic mass is 16.5. The van der Waals surface area contributed by atoms with Crippen LogP contribution in [-0.4, -0.2) is 55.2 Å². The van der Waals surface area contributed by atoms with Crippen molar-refractivity contribution in [2.75, 3.05) is 43.5 Å². The first-order valence-corrected chi connectivity index (χ1v) is 11.0. The van der Waals surface area contributed by atoms with Crippen molar-refractivity contribution in [3.05, 3.63) is 54.1 Å². The van der Waals surface area contributed by atoms with Crippen molar-refractivity contribution in [2.45, 2.75) is 32.4 Å². The number of anilines is 2. The minimum atomic E-state index is -2.22. The Bertz CT molecular complexity index is 945. The molecule has 0 aromatic heterocycles. The van der Waals surface area contributed by atoms with Gasteiger partial charge >= 0.3 is 6.03 Å². The van der Waals surface area contributed by atoms with E-state index >= 15 is 0 Å². The zero-order valence-corrected chi connectivity index (χ0v) is 18.9. The normalized spacial score (nSPS) is 17.7. The van der Waals surface area contributed by atoms with Gasteiger partial charge in [-0.2, -0.15) is 0 Å². The topological polar surface area (TPSA) is 94.1 Å². The van der Waals surface area contributed by atoms with Crippen LogP contribution in [0.15, 0.2) is 48.5 Å². The van der Waals surface area contributed by atoms with Gasteiger partial charge < -0.3 is 25.4 Å².